The zero-order chi connectivity index (χ0) is 28.0. The summed E-state index contributed by atoms with van der Waals surface area (Å²) in [5, 5.41) is 21.6. The van der Waals surface area contributed by atoms with E-state index in [2.05, 4.69) is 0 Å². The van der Waals surface area contributed by atoms with Crippen LogP contribution in [0.5, 0.6) is 11.5 Å². The van der Waals surface area contributed by atoms with E-state index in [4.69, 9.17) is 14.2 Å². The number of ether oxygens (including phenoxy) is 3. The number of Topliss-reactive ketones (excluding diaryl/α,β-unsaturated/α-hetero) is 1. The highest BCUT2D eigenvalue weighted by molar-refractivity contribution is 6.02. The number of hydrogen-bond acceptors (Lipinski definition) is 8. The van der Waals surface area contributed by atoms with Gasteiger partial charge in [0.1, 0.15) is 19.1 Å². The van der Waals surface area contributed by atoms with E-state index >= 15 is 0 Å². The SMILES string of the molecule is CCOc1cc([C@@H]2[C@H](C(=O)OCc3ccccc3)C(=O)C[C@@](C)(O)[C@@H]2C(=O)OCc2ccccc2)ccc1O. The van der Waals surface area contributed by atoms with E-state index < -0.39 is 47.5 Å². The Kier molecular flexibility index (Phi) is 8.66. The van der Waals surface area contributed by atoms with Crippen molar-refractivity contribution in [2.75, 3.05) is 6.61 Å². The molecule has 1 aliphatic carbocycles. The van der Waals surface area contributed by atoms with Crippen LogP contribution >= 0.6 is 0 Å². The van der Waals surface area contributed by atoms with Crippen molar-refractivity contribution in [3.63, 3.8) is 0 Å². The van der Waals surface area contributed by atoms with E-state index in [0.29, 0.717) is 5.56 Å². The predicted octanol–water partition coefficient (Wildman–Crippen LogP) is 4.32. The molecule has 0 spiro atoms. The molecule has 2 N–H and O–H groups in total. The maximum Gasteiger partial charge on any atom is 0.317 e. The molecule has 1 fully saturated rings. The van der Waals surface area contributed by atoms with E-state index in [0.717, 1.165) is 11.1 Å². The van der Waals surface area contributed by atoms with E-state index in [1.165, 1.54) is 25.1 Å². The Balaban J connectivity index is 1.71. The zero-order valence-corrected chi connectivity index (χ0v) is 21.9. The van der Waals surface area contributed by atoms with Gasteiger partial charge in [0.25, 0.3) is 0 Å². The number of rotatable bonds is 9. The Bertz CT molecular complexity index is 1300. The Morgan fingerprint density at radius 2 is 1.46 bits per heavy atom. The Labute approximate surface area is 227 Å². The maximum atomic E-state index is 13.6. The molecule has 0 aromatic heterocycles. The monoisotopic (exact) mass is 532 g/mol. The summed E-state index contributed by atoms with van der Waals surface area (Å²) in [5.74, 6) is -5.94. The van der Waals surface area contributed by atoms with Crippen LogP contribution in [0.1, 0.15) is 42.9 Å². The van der Waals surface area contributed by atoms with Gasteiger partial charge in [-0.3, -0.25) is 14.4 Å². The summed E-state index contributed by atoms with van der Waals surface area (Å²) in [5.41, 5.74) is 0.0266. The van der Waals surface area contributed by atoms with Gasteiger partial charge in [-0.2, -0.15) is 0 Å². The van der Waals surface area contributed by atoms with Crippen LogP contribution in [0.25, 0.3) is 0 Å². The van der Waals surface area contributed by atoms with Crippen LogP contribution in [0.15, 0.2) is 78.9 Å². The van der Waals surface area contributed by atoms with Gasteiger partial charge in [-0.15, -0.1) is 0 Å². The van der Waals surface area contributed by atoms with Crippen molar-refractivity contribution in [2.45, 2.75) is 45.0 Å². The van der Waals surface area contributed by atoms with Crippen molar-refractivity contribution in [3.8, 4) is 11.5 Å². The number of carbonyl (C=O) groups excluding carboxylic acids is 3. The van der Waals surface area contributed by atoms with Gasteiger partial charge >= 0.3 is 11.9 Å². The molecule has 0 aliphatic heterocycles. The van der Waals surface area contributed by atoms with Crippen LogP contribution in [0.3, 0.4) is 0 Å². The number of phenols is 1. The molecular weight excluding hydrogens is 500 g/mol. The Morgan fingerprint density at radius 3 is 2.03 bits per heavy atom. The third-order valence-corrected chi connectivity index (χ3v) is 6.89. The van der Waals surface area contributed by atoms with Crippen LogP contribution in [0.2, 0.25) is 0 Å². The molecule has 0 saturated heterocycles. The number of phenolic OH excluding ortho intramolecular Hbond substituents is 1. The number of ketones is 1. The first-order valence-corrected chi connectivity index (χ1v) is 12.8. The molecule has 39 heavy (non-hydrogen) atoms. The molecule has 3 aromatic rings. The molecule has 0 radical (unpaired) electrons. The molecule has 8 heteroatoms. The van der Waals surface area contributed by atoms with Gasteiger partial charge < -0.3 is 24.4 Å². The van der Waals surface area contributed by atoms with Crippen LogP contribution < -0.4 is 4.74 Å². The normalized spacial score (nSPS) is 22.6. The summed E-state index contributed by atoms with van der Waals surface area (Å²) in [4.78, 5) is 40.4. The van der Waals surface area contributed by atoms with E-state index in [-0.39, 0.29) is 31.3 Å². The number of aliphatic hydroxyl groups is 1. The van der Waals surface area contributed by atoms with Gasteiger partial charge in [0.15, 0.2) is 17.3 Å². The van der Waals surface area contributed by atoms with Crippen molar-refractivity contribution in [1.82, 2.24) is 0 Å². The third-order valence-electron chi connectivity index (χ3n) is 6.89. The largest absolute Gasteiger partial charge is 0.504 e. The van der Waals surface area contributed by atoms with Crippen molar-refractivity contribution in [3.05, 3.63) is 95.6 Å². The number of hydrogen-bond donors (Lipinski definition) is 2. The van der Waals surface area contributed by atoms with Crippen LogP contribution in [-0.2, 0) is 37.1 Å². The molecule has 4 atom stereocenters. The van der Waals surface area contributed by atoms with Crippen LogP contribution in [-0.4, -0.2) is 40.1 Å². The minimum Gasteiger partial charge on any atom is -0.504 e. The Morgan fingerprint density at radius 1 is 0.897 bits per heavy atom. The standard InChI is InChI=1S/C31H32O8/c1-3-37-25-16-22(14-15-23(25)32)26-27(29(34)38-18-20-10-6-4-7-11-20)24(33)17-31(2,36)28(26)30(35)39-19-21-12-8-5-9-13-21/h4-16,26-28,32,36H,3,17-19H2,1-2H3/t26-,27-,28+,31-/m1/s1. The van der Waals surface area contributed by atoms with E-state index in [9.17, 15) is 24.6 Å². The van der Waals surface area contributed by atoms with E-state index in [1.54, 1.807) is 43.3 Å². The van der Waals surface area contributed by atoms with Gasteiger partial charge in [-0.1, -0.05) is 66.7 Å². The highest BCUT2D eigenvalue weighted by atomic mass is 16.5. The molecular formula is C31H32O8. The van der Waals surface area contributed by atoms with Crippen molar-refractivity contribution < 1.29 is 38.8 Å². The molecule has 3 aromatic carbocycles. The lowest BCUT2D eigenvalue weighted by Crippen LogP contribution is -2.55. The number of benzene rings is 3. The summed E-state index contributed by atoms with van der Waals surface area (Å²) in [6.45, 7) is 3.28. The first-order chi connectivity index (χ1) is 18.7. The summed E-state index contributed by atoms with van der Waals surface area (Å²) in [7, 11) is 0. The molecule has 0 heterocycles. The molecule has 204 valence electrons. The predicted molar refractivity (Wildman–Crippen MR) is 142 cm³/mol. The first kappa shape index (κ1) is 27.9. The summed E-state index contributed by atoms with van der Waals surface area (Å²) < 4.78 is 16.7. The van der Waals surface area contributed by atoms with Crippen LogP contribution in [0.4, 0.5) is 0 Å². The highest BCUT2D eigenvalue weighted by Gasteiger charge is 2.57. The summed E-state index contributed by atoms with van der Waals surface area (Å²) >= 11 is 0. The fourth-order valence-electron chi connectivity index (χ4n) is 5.06. The summed E-state index contributed by atoms with van der Waals surface area (Å²) in [6.07, 6.45) is -0.434. The fraction of sp³-hybridized carbons (Fsp3) is 0.323. The quantitative estimate of drug-likeness (QED) is 0.309. The van der Waals surface area contributed by atoms with Gasteiger partial charge in [-0.05, 0) is 42.7 Å². The van der Waals surface area contributed by atoms with Crippen molar-refractivity contribution in [2.24, 2.45) is 11.8 Å². The lowest BCUT2D eigenvalue weighted by molar-refractivity contribution is -0.174. The molecule has 4 rings (SSSR count). The van der Waals surface area contributed by atoms with Gasteiger partial charge in [0.05, 0.1) is 18.1 Å². The average molecular weight is 533 g/mol. The fourth-order valence-corrected chi connectivity index (χ4v) is 5.06. The second-order valence-electron chi connectivity index (χ2n) is 9.83. The topological polar surface area (TPSA) is 119 Å². The molecule has 8 nitrogen and oxygen atoms in total. The molecule has 0 bridgehead atoms. The highest BCUT2D eigenvalue weighted by Crippen LogP contribution is 2.48. The van der Waals surface area contributed by atoms with Crippen LogP contribution in [0, 0.1) is 11.8 Å². The zero-order valence-electron chi connectivity index (χ0n) is 21.9. The minimum atomic E-state index is -1.81. The number of aromatic hydroxyl groups is 1. The van der Waals surface area contributed by atoms with Gasteiger partial charge in [-0.25, -0.2) is 0 Å². The second kappa shape index (κ2) is 12.1. The first-order valence-electron chi connectivity index (χ1n) is 12.8. The third kappa shape index (κ3) is 6.46. The summed E-state index contributed by atoms with van der Waals surface area (Å²) in [6, 6.07) is 22.4. The molecule has 0 amide bonds. The molecule has 0 unspecified atom stereocenters. The molecule has 1 aliphatic rings. The van der Waals surface area contributed by atoms with Gasteiger partial charge in [0, 0.05) is 12.3 Å². The minimum absolute atomic E-state index is 0.0458. The lowest BCUT2D eigenvalue weighted by atomic mass is 9.61. The van der Waals surface area contributed by atoms with Crippen molar-refractivity contribution in [1.29, 1.82) is 0 Å². The van der Waals surface area contributed by atoms with E-state index in [1.807, 2.05) is 24.3 Å². The average Bonchev–Trinajstić information content (AvgIpc) is 2.92. The number of carbonyl (C=O) groups is 3. The van der Waals surface area contributed by atoms with Gasteiger partial charge in [0.2, 0.25) is 0 Å². The number of esters is 2. The molecule has 1 saturated carbocycles. The lowest BCUT2D eigenvalue weighted by Gasteiger charge is -2.43. The second-order valence-corrected chi connectivity index (χ2v) is 9.83. The maximum absolute atomic E-state index is 13.6. The smallest absolute Gasteiger partial charge is 0.317 e. The van der Waals surface area contributed by atoms with Crippen molar-refractivity contribution >= 4 is 17.7 Å². The Hall–Kier alpha value is -4.17.